The second-order valence-corrected chi connectivity index (χ2v) is 4.94. The predicted molar refractivity (Wildman–Crippen MR) is 70.2 cm³/mol. The highest BCUT2D eigenvalue weighted by Crippen LogP contribution is 2.14. The fourth-order valence-corrected chi connectivity index (χ4v) is 1.73. The van der Waals surface area contributed by atoms with E-state index in [1.54, 1.807) is 0 Å². The molecule has 0 bridgehead atoms. The molecule has 0 spiro atoms. The second kappa shape index (κ2) is 5.12. The molecule has 0 amide bonds. The molecule has 0 aliphatic rings. The van der Waals surface area contributed by atoms with Crippen molar-refractivity contribution in [3.63, 3.8) is 0 Å². The quantitative estimate of drug-likeness (QED) is 0.871. The molecule has 0 aliphatic heterocycles. The fraction of sp³-hybridized carbons (Fsp3) is 0.364. The Hall–Kier alpha value is -1.33. The minimum Gasteiger partial charge on any atom is -0.270 e. The molecule has 0 saturated carbocycles. The van der Waals surface area contributed by atoms with E-state index in [2.05, 4.69) is 10.2 Å². The zero-order valence-electron chi connectivity index (χ0n) is 9.97. The van der Waals surface area contributed by atoms with Crippen LogP contribution in [0.1, 0.15) is 25.6 Å². The summed E-state index contributed by atoms with van der Waals surface area (Å²) >= 11 is 11.5. The summed E-state index contributed by atoms with van der Waals surface area (Å²) in [5.41, 5.74) is 0.333. The molecular formula is C11H12Cl2N4O. The van der Waals surface area contributed by atoms with Gasteiger partial charge in [-0.3, -0.25) is 9.48 Å². The standard InChI is InChI=1S/C11H12Cl2N4O/c1-7(2)16-4-3-8(15-16)6-17-11(18)10(13)9(12)5-14-17/h3-5,7H,6H2,1-2H3. The average Bonchev–Trinajstić information content (AvgIpc) is 2.79. The van der Waals surface area contributed by atoms with Crippen molar-refractivity contribution in [2.75, 3.05) is 0 Å². The van der Waals surface area contributed by atoms with E-state index >= 15 is 0 Å². The van der Waals surface area contributed by atoms with Crippen LogP contribution in [-0.2, 0) is 6.54 Å². The molecule has 18 heavy (non-hydrogen) atoms. The third kappa shape index (κ3) is 2.57. The maximum atomic E-state index is 11.8. The molecule has 0 fully saturated rings. The van der Waals surface area contributed by atoms with Gasteiger partial charge in [0.1, 0.15) is 5.02 Å². The maximum Gasteiger partial charge on any atom is 0.287 e. The number of hydrogen-bond donors (Lipinski definition) is 0. The summed E-state index contributed by atoms with van der Waals surface area (Å²) in [4.78, 5) is 11.8. The Morgan fingerprint density at radius 2 is 2.11 bits per heavy atom. The first kappa shape index (κ1) is 13.1. The molecule has 5 nitrogen and oxygen atoms in total. The molecule has 2 aromatic rings. The largest absolute Gasteiger partial charge is 0.287 e. The Labute approximate surface area is 114 Å². The summed E-state index contributed by atoms with van der Waals surface area (Å²) in [6.45, 7) is 4.33. The first-order valence-corrected chi connectivity index (χ1v) is 6.19. The van der Waals surface area contributed by atoms with Crippen molar-refractivity contribution in [1.29, 1.82) is 0 Å². The highest BCUT2D eigenvalue weighted by molar-refractivity contribution is 6.41. The maximum absolute atomic E-state index is 11.8. The Balaban J connectivity index is 2.29. The van der Waals surface area contributed by atoms with Gasteiger partial charge in [-0.25, -0.2) is 4.68 Å². The Morgan fingerprint density at radius 3 is 2.72 bits per heavy atom. The van der Waals surface area contributed by atoms with E-state index < -0.39 is 5.56 Å². The van der Waals surface area contributed by atoms with E-state index in [0.717, 1.165) is 5.69 Å². The van der Waals surface area contributed by atoms with Gasteiger partial charge in [-0.15, -0.1) is 0 Å². The lowest BCUT2D eigenvalue weighted by Crippen LogP contribution is -2.24. The first-order chi connectivity index (χ1) is 8.49. The molecule has 96 valence electrons. The average molecular weight is 287 g/mol. The third-order valence-corrected chi connectivity index (χ3v) is 3.20. The molecule has 0 atom stereocenters. The lowest BCUT2D eigenvalue weighted by molar-refractivity contribution is 0.518. The van der Waals surface area contributed by atoms with Crippen LogP contribution in [0.25, 0.3) is 0 Å². The number of hydrogen-bond acceptors (Lipinski definition) is 3. The van der Waals surface area contributed by atoms with Crippen molar-refractivity contribution >= 4 is 23.2 Å². The van der Waals surface area contributed by atoms with Crippen molar-refractivity contribution in [2.24, 2.45) is 0 Å². The van der Waals surface area contributed by atoms with Crippen LogP contribution in [0.5, 0.6) is 0 Å². The lowest BCUT2D eigenvalue weighted by atomic mass is 10.4. The number of rotatable bonds is 3. The molecule has 7 heteroatoms. The SMILES string of the molecule is CC(C)n1ccc(Cn2ncc(Cl)c(Cl)c2=O)n1. The van der Waals surface area contributed by atoms with Gasteiger partial charge in [0, 0.05) is 12.2 Å². The van der Waals surface area contributed by atoms with E-state index in [9.17, 15) is 4.79 Å². The zero-order chi connectivity index (χ0) is 13.3. The van der Waals surface area contributed by atoms with E-state index in [1.807, 2.05) is 30.8 Å². The number of halogens is 2. The van der Waals surface area contributed by atoms with Crippen molar-refractivity contribution in [3.05, 3.63) is 44.6 Å². The minimum absolute atomic E-state index is 0.0186. The van der Waals surface area contributed by atoms with Crippen molar-refractivity contribution in [1.82, 2.24) is 19.6 Å². The highest BCUT2D eigenvalue weighted by Gasteiger charge is 2.09. The highest BCUT2D eigenvalue weighted by atomic mass is 35.5. The van der Waals surface area contributed by atoms with E-state index in [-0.39, 0.29) is 22.6 Å². The molecule has 0 aromatic carbocycles. The molecule has 0 N–H and O–H groups in total. The van der Waals surface area contributed by atoms with Gasteiger partial charge >= 0.3 is 0 Å². The lowest BCUT2D eigenvalue weighted by Gasteiger charge is -2.05. The van der Waals surface area contributed by atoms with Crippen LogP contribution in [-0.4, -0.2) is 19.6 Å². The third-order valence-electron chi connectivity index (χ3n) is 2.45. The van der Waals surface area contributed by atoms with E-state index in [0.29, 0.717) is 0 Å². The van der Waals surface area contributed by atoms with Gasteiger partial charge in [-0.2, -0.15) is 10.2 Å². The van der Waals surface area contributed by atoms with Crippen molar-refractivity contribution in [3.8, 4) is 0 Å². The molecule has 0 saturated heterocycles. The topological polar surface area (TPSA) is 52.7 Å². The Kier molecular flexibility index (Phi) is 3.73. The van der Waals surface area contributed by atoms with Crippen LogP contribution in [0.3, 0.4) is 0 Å². The molecule has 0 aliphatic carbocycles. The summed E-state index contributed by atoms with van der Waals surface area (Å²) in [5, 5.41) is 8.41. The fourth-order valence-electron chi connectivity index (χ4n) is 1.46. The van der Waals surface area contributed by atoms with Gasteiger partial charge in [0.15, 0.2) is 0 Å². The van der Waals surface area contributed by atoms with Gasteiger partial charge in [0.25, 0.3) is 5.56 Å². The van der Waals surface area contributed by atoms with Crippen molar-refractivity contribution in [2.45, 2.75) is 26.4 Å². The molecule has 0 radical (unpaired) electrons. The van der Waals surface area contributed by atoms with Crippen LogP contribution in [0.2, 0.25) is 10.0 Å². The van der Waals surface area contributed by atoms with Crippen LogP contribution < -0.4 is 5.56 Å². The van der Waals surface area contributed by atoms with Crippen LogP contribution in [0.4, 0.5) is 0 Å². The van der Waals surface area contributed by atoms with Gasteiger partial charge in [-0.1, -0.05) is 23.2 Å². The summed E-state index contributed by atoms with van der Waals surface area (Å²) in [5.74, 6) is 0. The number of nitrogens with zero attached hydrogens (tertiary/aromatic N) is 4. The zero-order valence-corrected chi connectivity index (χ0v) is 11.5. The molecule has 2 rings (SSSR count). The smallest absolute Gasteiger partial charge is 0.270 e. The van der Waals surface area contributed by atoms with Crippen LogP contribution in [0, 0.1) is 0 Å². The molecule has 0 unspecified atom stereocenters. The second-order valence-electron chi connectivity index (χ2n) is 4.15. The van der Waals surface area contributed by atoms with E-state index in [1.165, 1.54) is 10.9 Å². The van der Waals surface area contributed by atoms with Crippen LogP contribution in [0.15, 0.2) is 23.3 Å². The van der Waals surface area contributed by atoms with Gasteiger partial charge in [-0.05, 0) is 19.9 Å². The predicted octanol–water partition coefficient (Wildman–Crippen LogP) is 2.38. The monoisotopic (exact) mass is 286 g/mol. The number of aromatic nitrogens is 4. The Morgan fingerprint density at radius 1 is 1.39 bits per heavy atom. The van der Waals surface area contributed by atoms with Gasteiger partial charge in [0.05, 0.1) is 23.5 Å². The van der Waals surface area contributed by atoms with Gasteiger partial charge < -0.3 is 0 Å². The summed E-state index contributed by atoms with van der Waals surface area (Å²) in [7, 11) is 0. The molecular weight excluding hydrogens is 275 g/mol. The van der Waals surface area contributed by atoms with E-state index in [4.69, 9.17) is 23.2 Å². The summed E-state index contributed by atoms with van der Waals surface area (Å²) in [6.07, 6.45) is 3.22. The van der Waals surface area contributed by atoms with Crippen molar-refractivity contribution < 1.29 is 0 Å². The van der Waals surface area contributed by atoms with Crippen LogP contribution >= 0.6 is 23.2 Å². The molecule has 2 heterocycles. The summed E-state index contributed by atoms with van der Waals surface area (Å²) < 4.78 is 3.05. The Bertz CT molecular complexity index is 618. The molecule has 2 aromatic heterocycles. The summed E-state index contributed by atoms with van der Waals surface area (Å²) in [6, 6.07) is 2.12. The normalized spacial score (nSPS) is 11.2. The minimum atomic E-state index is -0.414. The first-order valence-electron chi connectivity index (χ1n) is 5.44. The van der Waals surface area contributed by atoms with Gasteiger partial charge in [0.2, 0.25) is 0 Å².